The van der Waals surface area contributed by atoms with Crippen molar-refractivity contribution in [3.8, 4) is 0 Å². The Balaban J connectivity index is 1.91. The number of piperidine rings is 1. The largest absolute Gasteiger partial charge is 0.481 e. The minimum Gasteiger partial charge on any atom is -0.481 e. The minimum atomic E-state index is -0.651. The van der Waals surface area contributed by atoms with Crippen molar-refractivity contribution in [2.75, 3.05) is 13.1 Å². The molecular weight excluding hydrogens is 234 g/mol. The monoisotopic (exact) mass is 253 g/mol. The Morgan fingerprint density at radius 3 is 2.78 bits per heavy atom. The van der Waals surface area contributed by atoms with Crippen LogP contribution in [0, 0.1) is 5.41 Å². The summed E-state index contributed by atoms with van der Waals surface area (Å²) in [5.74, 6) is -0.0601. The number of hydrogen-bond donors (Lipinski definition) is 1. The van der Waals surface area contributed by atoms with Crippen molar-refractivity contribution in [2.24, 2.45) is 5.41 Å². The van der Waals surface area contributed by atoms with Crippen LogP contribution in [0.5, 0.6) is 0 Å². The normalized spacial score (nSPS) is 19.8. The summed E-state index contributed by atoms with van der Waals surface area (Å²) in [6, 6.07) is 0. The lowest BCUT2D eigenvalue weighted by atomic mass is 9.75. The Morgan fingerprint density at radius 2 is 2.28 bits per heavy atom. The van der Waals surface area contributed by atoms with Crippen LogP contribution in [0.3, 0.4) is 0 Å². The Kier molecular flexibility index (Phi) is 3.96. The van der Waals surface area contributed by atoms with Gasteiger partial charge in [0.15, 0.2) is 6.33 Å². The summed E-state index contributed by atoms with van der Waals surface area (Å²) in [5.41, 5.74) is -0.528. The van der Waals surface area contributed by atoms with Gasteiger partial charge in [-0.15, -0.1) is 0 Å². The van der Waals surface area contributed by atoms with E-state index in [1.807, 2.05) is 6.92 Å². The lowest BCUT2D eigenvalue weighted by Crippen LogP contribution is -2.44. The molecule has 0 radical (unpaired) electrons. The average Bonchev–Trinajstić information content (AvgIpc) is 2.85. The van der Waals surface area contributed by atoms with Gasteiger partial charge in [-0.05, 0) is 32.4 Å². The van der Waals surface area contributed by atoms with E-state index in [1.54, 1.807) is 0 Å². The molecule has 0 amide bonds. The number of aliphatic carboxylic acids is 1. The predicted octanol–water partition coefficient (Wildman–Crippen LogP) is 1.54. The zero-order valence-corrected chi connectivity index (χ0v) is 10.6. The first kappa shape index (κ1) is 13.0. The zero-order valence-electron chi connectivity index (χ0n) is 10.6. The van der Waals surface area contributed by atoms with Gasteiger partial charge in [-0.25, -0.2) is 0 Å². The molecule has 0 bridgehead atoms. The molecule has 100 valence electrons. The average molecular weight is 253 g/mol. The maximum Gasteiger partial charge on any atom is 0.309 e. The van der Waals surface area contributed by atoms with Gasteiger partial charge >= 0.3 is 5.97 Å². The Hall–Kier alpha value is -1.43. The summed E-state index contributed by atoms with van der Waals surface area (Å²) >= 11 is 0. The first-order chi connectivity index (χ1) is 8.66. The van der Waals surface area contributed by atoms with Gasteiger partial charge in [-0.2, -0.15) is 4.98 Å². The van der Waals surface area contributed by atoms with Gasteiger partial charge in [-0.3, -0.25) is 9.69 Å². The fourth-order valence-corrected chi connectivity index (χ4v) is 2.65. The maximum absolute atomic E-state index is 11.4. The first-order valence-corrected chi connectivity index (χ1v) is 6.37. The van der Waals surface area contributed by atoms with E-state index < -0.39 is 11.4 Å². The number of carboxylic acids is 1. The highest BCUT2D eigenvalue weighted by Gasteiger charge is 2.40. The molecule has 1 aromatic heterocycles. The van der Waals surface area contributed by atoms with Crippen molar-refractivity contribution in [1.29, 1.82) is 0 Å². The second-order valence-electron chi connectivity index (χ2n) is 4.95. The number of carboxylic acid groups (broad SMARTS) is 1. The number of nitrogens with zero attached hydrogens (tertiary/aromatic N) is 3. The number of rotatable bonds is 5. The van der Waals surface area contributed by atoms with Crippen molar-refractivity contribution in [3.05, 3.63) is 12.2 Å². The fourth-order valence-electron chi connectivity index (χ4n) is 2.65. The van der Waals surface area contributed by atoms with Crippen LogP contribution in [0.25, 0.3) is 0 Å². The molecule has 0 spiro atoms. The lowest BCUT2D eigenvalue weighted by molar-refractivity contribution is -0.152. The standard InChI is InChI=1S/C12H19N3O3/c1-2-3-12(11(16)17)4-6-15(7-5-12)8-10-13-9-14-18-10/h9H,2-8H2,1H3,(H,16,17). The summed E-state index contributed by atoms with van der Waals surface area (Å²) in [6.45, 7) is 4.20. The fraction of sp³-hybridized carbons (Fsp3) is 0.750. The Morgan fingerprint density at radius 1 is 1.56 bits per heavy atom. The van der Waals surface area contributed by atoms with Crippen LogP contribution in [0.2, 0.25) is 0 Å². The highest BCUT2D eigenvalue weighted by Crippen LogP contribution is 2.36. The van der Waals surface area contributed by atoms with Crippen molar-refractivity contribution in [3.63, 3.8) is 0 Å². The zero-order chi connectivity index (χ0) is 13.0. The smallest absolute Gasteiger partial charge is 0.309 e. The molecule has 0 unspecified atom stereocenters. The van der Waals surface area contributed by atoms with Crippen LogP contribution in [-0.2, 0) is 11.3 Å². The van der Waals surface area contributed by atoms with Crippen LogP contribution >= 0.6 is 0 Å². The van der Waals surface area contributed by atoms with Crippen LogP contribution in [0.15, 0.2) is 10.9 Å². The molecule has 0 aromatic carbocycles. The summed E-state index contributed by atoms with van der Waals surface area (Å²) in [4.78, 5) is 17.6. The topological polar surface area (TPSA) is 79.5 Å². The molecular formula is C12H19N3O3. The summed E-state index contributed by atoms with van der Waals surface area (Å²) < 4.78 is 4.96. The molecule has 6 heteroatoms. The van der Waals surface area contributed by atoms with Gasteiger partial charge in [0.25, 0.3) is 0 Å². The molecule has 1 saturated heterocycles. The maximum atomic E-state index is 11.4. The third-order valence-corrected chi connectivity index (χ3v) is 3.76. The van der Waals surface area contributed by atoms with E-state index in [9.17, 15) is 9.90 Å². The Bertz CT molecular complexity index is 383. The minimum absolute atomic E-state index is 0.528. The summed E-state index contributed by atoms with van der Waals surface area (Å²) in [7, 11) is 0. The second kappa shape index (κ2) is 5.48. The predicted molar refractivity (Wildman–Crippen MR) is 63.8 cm³/mol. The van der Waals surface area contributed by atoms with Crippen LogP contribution in [-0.4, -0.2) is 39.2 Å². The highest BCUT2D eigenvalue weighted by atomic mass is 16.5. The van der Waals surface area contributed by atoms with E-state index in [2.05, 4.69) is 15.0 Å². The third kappa shape index (κ3) is 2.69. The first-order valence-electron chi connectivity index (χ1n) is 6.37. The number of aromatic nitrogens is 2. The SMILES string of the molecule is CCCC1(C(=O)O)CCN(Cc2ncno2)CC1. The van der Waals surface area contributed by atoms with Crippen molar-refractivity contribution >= 4 is 5.97 Å². The highest BCUT2D eigenvalue weighted by molar-refractivity contribution is 5.74. The van der Waals surface area contributed by atoms with Gasteiger partial charge in [0.2, 0.25) is 5.89 Å². The van der Waals surface area contributed by atoms with Crippen LogP contribution in [0.4, 0.5) is 0 Å². The summed E-state index contributed by atoms with van der Waals surface area (Å²) in [5, 5.41) is 13.0. The van der Waals surface area contributed by atoms with E-state index >= 15 is 0 Å². The van der Waals surface area contributed by atoms with Gasteiger partial charge in [-0.1, -0.05) is 18.5 Å². The molecule has 18 heavy (non-hydrogen) atoms. The number of hydrogen-bond acceptors (Lipinski definition) is 5. The lowest BCUT2D eigenvalue weighted by Gasteiger charge is -2.38. The molecule has 1 aliphatic rings. The van der Waals surface area contributed by atoms with Gasteiger partial charge < -0.3 is 9.63 Å². The quantitative estimate of drug-likeness (QED) is 0.857. The molecule has 6 nitrogen and oxygen atoms in total. The van der Waals surface area contributed by atoms with Crippen LogP contribution in [0.1, 0.15) is 38.5 Å². The molecule has 2 rings (SSSR count). The number of likely N-dealkylation sites (tertiary alicyclic amines) is 1. The van der Waals surface area contributed by atoms with E-state index in [1.165, 1.54) is 6.33 Å². The number of carbonyl (C=O) groups is 1. The second-order valence-corrected chi connectivity index (χ2v) is 4.95. The molecule has 1 aromatic rings. The molecule has 2 heterocycles. The molecule has 0 atom stereocenters. The van der Waals surface area contributed by atoms with Crippen molar-refractivity contribution in [1.82, 2.24) is 15.0 Å². The van der Waals surface area contributed by atoms with Crippen LogP contribution < -0.4 is 0 Å². The van der Waals surface area contributed by atoms with Gasteiger partial charge in [0, 0.05) is 0 Å². The Labute approximate surface area is 106 Å². The van der Waals surface area contributed by atoms with Gasteiger partial charge in [0.1, 0.15) is 0 Å². The molecule has 0 saturated carbocycles. The van der Waals surface area contributed by atoms with Crippen molar-refractivity contribution in [2.45, 2.75) is 39.2 Å². The van der Waals surface area contributed by atoms with E-state index in [-0.39, 0.29) is 0 Å². The van der Waals surface area contributed by atoms with Gasteiger partial charge in [0.05, 0.1) is 12.0 Å². The van der Waals surface area contributed by atoms with E-state index in [0.717, 1.165) is 25.9 Å². The van der Waals surface area contributed by atoms with Crippen molar-refractivity contribution < 1.29 is 14.4 Å². The summed E-state index contributed by atoms with van der Waals surface area (Å²) in [6.07, 6.45) is 4.46. The third-order valence-electron chi connectivity index (χ3n) is 3.76. The molecule has 1 aliphatic heterocycles. The molecule has 0 aliphatic carbocycles. The van der Waals surface area contributed by atoms with E-state index in [4.69, 9.17) is 4.52 Å². The molecule has 1 fully saturated rings. The molecule has 1 N–H and O–H groups in total. The van der Waals surface area contributed by atoms with E-state index in [0.29, 0.717) is 25.3 Å².